The Kier molecular flexibility index (Phi) is 5.49. The van der Waals surface area contributed by atoms with E-state index in [1.165, 1.54) is 6.21 Å². The van der Waals surface area contributed by atoms with E-state index in [0.717, 1.165) is 25.6 Å². The number of nitrogens with zero attached hydrogens (tertiary/aromatic N) is 1. The monoisotopic (exact) mass is 445 g/mol. The van der Waals surface area contributed by atoms with Gasteiger partial charge in [-0.05, 0) is 69.3 Å². The maximum Gasteiger partial charge on any atom is 0.259 e. The van der Waals surface area contributed by atoms with Crippen LogP contribution < -0.4 is 10.7 Å². The van der Waals surface area contributed by atoms with E-state index in [4.69, 9.17) is 0 Å². The molecule has 6 heteroatoms. The average Bonchev–Trinajstić information content (AvgIpc) is 2.63. The molecule has 0 aliphatic carbocycles. The van der Waals surface area contributed by atoms with Gasteiger partial charge in [-0.15, -0.1) is 0 Å². The number of anilines is 1. The summed E-state index contributed by atoms with van der Waals surface area (Å²) in [6.07, 6.45) is 1.54. The Labute approximate surface area is 158 Å². The molecule has 0 saturated heterocycles. The van der Waals surface area contributed by atoms with Gasteiger partial charge in [-0.3, -0.25) is 4.79 Å². The maximum atomic E-state index is 11.9. The molecule has 5 nitrogen and oxygen atoms in total. The molecule has 3 aromatic rings. The number of benzene rings is 3. The van der Waals surface area contributed by atoms with Crippen LogP contribution >= 0.6 is 22.6 Å². The lowest BCUT2D eigenvalue weighted by molar-refractivity contribution is -0.119. The normalized spacial score (nSPS) is 10.9. The van der Waals surface area contributed by atoms with Crippen molar-refractivity contribution in [2.75, 3.05) is 11.9 Å². The predicted octanol–water partition coefficient (Wildman–Crippen LogP) is 3.71. The van der Waals surface area contributed by atoms with E-state index in [9.17, 15) is 9.90 Å². The van der Waals surface area contributed by atoms with E-state index >= 15 is 0 Å². The van der Waals surface area contributed by atoms with Crippen molar-refractivity contribution in [3.8, 4) is 5.75 Å². The number of nitrogens with one attached hydrogen (secondary N) is 2. The fourth-order valence-corrected chi connectivity index (χ4v) is 2.84. The van der Waals surface area contributed by atoms with Gasteiger partial charge in [0.05, 0.1) is 16.3 Å². The van der Waals surface area contributed by atoms with Crippen molar-refractivity contribution in [3.63, 3.8) is 0 Å². The third kappa shape index (κ3) is 4.69. The number of halogens is 1. The van der Waals surface area contributed by atoms with Gasteiger partial charge in [0.1, 0.15) is 5.75 Å². The van der Waals surface area contributed by atoms with Crippen LogP contribution in [0.3, 0.4) is 0 Å². The van der Waals surface area contributed by atoms with Crippen LogP contribution in [0.4, 0.5) is 5.69 Å². The number of hydrazone groups is 1. The Bertz CT molecular complexity index is 941. The summed E-state index contributed by atoms with van der Waals surface area (Å²) in [4.78, 5) is 11.9. The number of hydrogen-bond donors (Lipinski definition) is 3. The summed E-state index contributed by atoms with van der Waals surface area (Å²) in [6.45, 7) is 0.128. The molecule has 0 aliphatic heterocycles. The summed E-state index contributed by atoms with van der Waals surface area (Å²) in [5.41, 5.74) is 4.15. The van der Waals surface area contributed by atoms with Gasteiger partial charge in [0.2, 0.25) is 0 Å². The number of amides is 1. The maximum absolute atomic E-state index is 11.9. The SMILES string of the molecule is O=C(CNc1ccc2ccccc2c1)N/N=C/c1ccc(O)c(I)c1. The van der Waals surface area contributed by atoms with Crippen molar-refractivity contribution in [3.05, 3.63) is 69.8 Å². The molecule has 0 atom stereocenters. The highest BCUT2D eigenvalue weighted by Gasteiger charge is 2.01. The largest absolute Gasteiger partial charge is 0.507 e. The second kappa shape index (κ2) is 7.98. The Balaban J connectivity index is 1.53. The van der Waals surface area contributed by atoms with Crippen LogP contribution in [0.1, 0.15) is 5.56 Å². The first-order chi connectivity index (χ1) is 12.1. The fraction of sp³-hybridized carbons (Fsp3) is 0.0526. The minimum Gasteiger partial charge on any atom is -0.507 e. The lowest BCUT2D eigenvalue weighted by Crippen LogP contribution is -2.25. The van der Waals surface area contributed by atoms with E-state index in [1.54, 1.807) is 18.2 Å². The van der Waals surface area contributed by atoms with Gasteiger partial charge in [-0.25, -0.2) is 5.43 Å². The summed E-state index contributed by atoms with van der Waals surface area (Å²) in [5, 5.41) is 18.8. The van der Waals surface area contributed by atoms with Crippen LogP contribution in [-0.2, 0) is 4.79 Å². The number of fused-ring (bicyclic) bond motifs is 1. The second-order valence-electron chi connectivity index (χ2n) is 5.42. The first-order valence-corrected chi connectivity index (χ1v) is 8.73. The van der Waals surface area contributed by atoms with Crippen molar-refractivity contribution < 1.29 is 9.90 Å². The highest BCUT2D eigenvalue weighted by molar-refractivity contribution is 14.1. The molecule has 0 saturated carbocycles. The van der Waals surface area contributed by atoms with E-state index in [2.05, 4.69) is 15.8 Å². The molecule has 0 fully saturated rings. The molecule has 3 rings (SSSR count). The van der Waals surface area contributed by atoms with Crippen LogP contribution in [0.15, 0.2) is 65.8 Å². The Morgan fingerprint density at radius 1 is 1.08 bits per heavy atom. The molecular formula is C19H16IN3O2. The number of hydrogen-bond acceptors (Lipinski definition) is 4. The van der Waals surface area contributed by atoms with Crippen molar-refractivity contribution in [1.82, 2.24) is 5.43 Å². The number of rotatable bonds is 5. The van der Waals surface area contributed by atoms with Crippen LogP contribution in [0.25, 0.3) is 10.8 Å². The van der Waals surface area contributed by atoms with Gasteiger partial charge in [0, 0.05) is 5.69 Å². The number of carbonyl (C=O) groups excluding carboxylic acids is 1. The first-order valence-electron chi connectivity index (χ1n) is 7.65. The van der Waals surface area contributed by atoms with Crippen molar-refractivity contribution >= 4 is 51.2 Å². The highest BCUT2D eigenvalue weighted by Crippen LogP contribution is 2.19. The molecule has 0 aromatic heterocycles. The fourth-order valence-electron chi connectivity index (χ4n) is 2.30. The predicted molar refractivity (Wildman–Crippen MR) is 109 cm³/mol. The summed E-state index contributed by atoms with van der Waals surface area (Å²) in [5.74, 6) is -0.0146. The minimum atomic E-state index is -0.238. The van der Waals surface area contributed by atoms with Gasteiger partial charge in [-0.2, -0.15) is 5.10 Å². The third-order valence-electron chi connectivity index (χ3n) is 3.58. The van der Waals surface area contributed by atoms with Gasteiger partial charge in [0.15, 0.2) is 0 Å². The zero-order chi connectivity index (χ0) is 17.6. The van der Waals surface area contributed by atoms with Gasteiger partial charge in [-0.1, -0.05) is 30.3 Å². The Morgan fingerprint density at radius 3 is 2.68 bits per heavy atom. The quantitative estimate of drug-likeness (QED) is 0.319. The van der Waals surface area contributed by atoms with Crippen molar-refractivity contribution in [1.29, 1.82) is 0 Å². The van der Waals surface area contributed by atoms with E-state index < -0.39 is 0 Å². The molecule has 0 spiro atoms. The summed E-state index contributed by atoms with van der Waals surface area (Å²) in [6, 6.07) is 19.1. The van der Waals surface area contributed by atoms with Gasteiger partial charge >= 0.3 is 0 Å². The second-order valence-corrected chi connectivity index (χ2v) is 6.58. The van der Waals surface area contributed by atoms with Crippen LogP contribution in [-0.4, -0.2) is 23.8 Å². The van der Waals surface area contributed by atoms with E-state index in [0.29, 0.717) is 0 Å². The minimum absolute atomic E-state index is 0.128. The molecular weight excluding hydrogens is 429 g/mol. The van der Waals surface area contributed by atoms with Gasteiger partial charge < -0.3 is 10.4 Å². The van der Waals surface area contributed by atoms with Crippen LogP contribution in [0.2, 0.25) is 0 Å². The molecule has 0 unspecified atom stereocenters. The average molecular weight is 445 g/mol. The van der Waals surface area contributed by atoms with Crippen LogP contribution in [0.5, 0.6) is 5.75 Å². The van der Waals surface area contributed by atoms with Gasteiger partial charge in [0.25, 0.3) is 5.91 Å². The molecule has 0 radical (unpaired) electrons. The number of carbonyl (C=O) groups is 1. The lowest BCUT2D eigenvalue weighted by atomic mass is 10.1. The van der Waals surface area contributed by atoms with Crippen LogP contribution in [0, 0.1) is 3.57 Å². The summed E-state index contributed by atoms with van der Waals surface area (Å²) in [7, 11) is 0. The zero-order valence-electron chi connectivity index (χ0n) is 13.2. The Morgan fingerprint density at radius 2 is 1.88 bits per heavy atom. The standard InChI is InChI=1S/C19H16IN3O2/c20-17-9-13(5-8-18(17)24)11-22-23-19(25)12-21-16-7-6-14-3-1-2-4-15(14)10-16/h1-11,21,24H,12H2,(H,23,25)/b22-11+. The molecule has 25 heavy (non-hydrogen) atoms. The number of phenols is 1. The molecule has 126 valence electrons. The zero-order valence-corrected chi connectivity index (χ0v) is 15.4. The number of phenolic OH excluding ortho intramolecular Hbond substituents is 1. The lowest BCUT2D eigenvalue weighted by Gasteiger charge is -2.06. The molecule has 3 N–H and O–H groups in total. The van der Waals surface area contributed by atoms with Crippen molar-refractivity contribution in [2.24, 2.45) is 5.10 Å². The van der Waals surface area contributed by atoms with Crippen molar-refractivity contribution in [2.45, 2.75) is 0 Å². The smallest absolute Gasteiger partial charge is 0.259 e. The first kappa shape index (κ1) is 17.2. The van der Waals surface area contributed by atoms with E-state index in [-0.39, 0.29) is 18.2 Å². The topological polar surface area (TPSA) is 73.7 Å². The number of aromatic hydroxyl groups is 1. The summed E-state index contributed by atoms with van der Waals surface area (Å²) < 4.78 is 0.728. The molecule has 0 aliphatic rings. The Hall–Kier alpha value is -2.61. The molecule has 0 heterocycles. The molecule has 3 aromatic carbocycles. The highest BCUT2D eigenvalue weighted by atomic mass is 127. The summed E-state index contributed by atoms with van der Waals surface area (Å²) >= 11 is 2.03. The third-order valence-corrected chi connectivity index (χ3v) is 4.44. The molecule has 0 bridgehead atoms. The van der Waals surface area contributed by atoms with E-state index in [1.807, 2.05) is 65.1 Å². The molecule has 1 amide bonds.